The van der Waals surface area contributed by atoms with Gasteiger partial charge in [0.25, 0.3) is 5.91 Å². The van der Waals surface area contributed by atoms with Gasteiger partial charge in [-0.05, 0) is 83.1 Å². The minimum Gasteiger partial charge on any atom is -0.483 e. The molecule has 0 radical (unpaired) electrons. The van der Waals surface area contributed by atoms with Gasteiger partial charge in [0.15, 0.2) is 6.61 Å². The molecular weight excluding hydrogens is 492 g/mol. The van der Waals surface area contributed by atoms with Gasteiger partial charge in [-0.2, -0.15) is 4.31 Å². The number of hydrogen-bond acceptors (Lipinski definition) is 4. The van der Waals surface area contributed by atoms with E-state index in [1.807, 2.05) is 18.2 Å². The lowest BCUT2D eigenvalue weighted by atomic mass is 9.99. The molecule has 1 N–H and O–H groups in total. The van der Waals surface area contributed by atoms with Gasteiger partial charge in [0.2, 0.25) is 10.0 Å². The summed E-state index contributed by atoms with van der Waals surface area (Å²) in [5.41, 5.74) is 1.74. The fourth-order valence-electron chi connectivity index (χ4n) is 3.66. The van der Waals surface area contributed by atoms with Crippen molar-refractivity contribution in [3.63, 3.8) is 0 Å². The van der Waals surface area contributed by atoms with Crippen LogP contribution in [0.25, 0.3) is 0 Å². The third-order valence-corrected chi connectivity index (χ3v) is 8.37. The van der Waals surface area contributed by atoms with Crippen LogP contribution in [0, 0.1) is 0 Å². The van der Waals surface area contributed by atoms with Crippen LogP contribution in [0.1, 0.15) is 57.4 Å². The highest BCUT2D eigenvalue weighted by Crippen LogP contribution is 2.30. The molecule has 1 aliphatic rings. The molecule has 0 bridgehead atoms. The zero-order valence-electron chi connectivity index (χ0n) is 18.6. The Kier molecular flexibility index (Phi) is 8.73. The van der Waals surface area contributed by atoms with Gasteiger partial charge in [-0.15, -0.1) is 0 Å². The molecule has 6 nitrogen and oxygen atoms in total. The van der Waals surface area contributed by atoms with Crippen LogP contribution in [0.2, 0.25) is 0 Å². The van der Waals surface area contributed by atoms with E-state index in [-0.39, 0.29) is 17.4 Å². The van der Waals surface area contributed by atoms with Gasteiger partial charge in [0.1, 0.15) is 5.75 Å². The van der Waals surface area contributed by atoms with Crippen molar-refractivity contribution in [1.82, 2.24) is 4.31 Å². The van der Waals surface area contributed by atoms with Crippen molar-refractivity contribution < 1.29 is 17.9 Å². The van der Waals surface area contributed by atoms with Gasteiger partial charge < -0.3 is 10.1 Å². The Balaban J connectivity index is 1.57. The largest absolute Gasteiger partial charge is 0.483 e. The lowest BCUT2D eigenvalue weighted by molar-refractivity contribution is -0.118. The van der Waals surface area contributed by atoms with E-state index in [9.17, 15) is 13.2 Å². The molecule has 32 heavy (non-hydrogen) atoms. The average Bonchev–Trinajstić information content (AvgIpc) is 3.08. The van der Waals surface area contributed by atoms with Crippen LogP contribution in [-0.2, 0) is 14.8 Å². The molecule has 1 amide bonds. The van der Waals surface area contributed by atoms with Crippen molar-refractivity contribution in [2.45, 2.75) is 56.8 Å². The summed E-state index contributed by atoms with van der Waals surface area (Å²) < 4.78 is 33.7. The molecule has 1 unspecified atom stereocenters. The van der Waals surface area contributed by atoms with Crippen LogP contribution < -0.4 is 10.1 Å². The Morgan fingerprint density at radius 2 is 1.75 bits per heavy atom. The van der Waals surface area contributed by atoms with Crippen molar-refractivity contribution in [2.75, 3.05) is 25.0 Å². The van der Waals surface area contributed by atoms with Crippen LogP contribution in [0.4, 0.5) is 5.69 Å². The van der Waals surface area contributed by atoms with E-state index in [1.165, 1.54) is 5.56 Å². The van der Waals surface area contributed by atoms with Gasteiger partial charge in [0, 0.05) is 18.8 Å². The monoisotopic (exact) mass is 522 g/mol. The van der Waals surface area contributed by atoms with Gasteiger partial charge in [0.05, 0.1) is 9.37 Å². The molecule has 0 aromatic heterocycles. The van der Waals surface area contributed by atoms with Gasteiger partial charge in [-0.1, -0.05) is 32.8 Å². The highest BCUT2D eigenvalue weighted by Gasteiger charge is 2.25. The van der Waals surface area contributed by atoms with Crippen LogP contribution in [0.3, 0.4) is 0 Å². The summed E-state index contributed by atoms with van der Waals surface area (Å²) in [5, 5.41) is 2.75. The normalized spacial score (nSPS) is 16.2. The number of nitrogens with zero attached hydrogens (tertiary/aromatic N) is 1. The predicted molar refractivity (Wildman–Crippen MR) is 131 cm³/mol. The average molecular weight is 523 g/mol. The highest BCUT2D eigenvalue weighted by molar-refractivity contribution is 9.10. The molecule has 1 atom stereocenters. The third kappa shape index (κ3) is 6.33. The van der Waals surface area contributed by atoms with Crippen LogP contribution in [-0.4, -0.2) is 38.3 Å². The van der Waals surface area contributed by atoms with E-state index >= 15 is 0 Å². The zero-order valence-corrected chi connectivity index (χ0v) is 21.0. The molecule has 2 aromatic rings. The summed E-state index contributed by atoms with van der Waals surface area (Å²) in [6.45, 7) is 5.29. The number of amides is 1. The van der Waals surface area contributed by atoms with E-state index in [4.69, 9.17) is 4.74 Å². The number of ether oxygens (including phenoxy) is 1. The number of carbonyl (C=O) groups is 1. The van der Waals surface area contributed by atoms with Crippen molar-refractivity contribution in [1.29, 1.82) is 0 Å². The maximum atomic E-state index is 12.9. The Morgan fingerprint density at radius 3 is 2.34 bits per heavy atom. The lowest BCUT2D eigenvalue weighted by Gasteiger charge is -2.20. The fraction of sp³-hybridized carbons (Fsp3) is 0.458. The minimum absolute atomic E-state index is 0.144. The lowest BCUT2D eigenvalue weighted by Crippen LogP contribution is -2.31. The zero-order chi connectivity index (χ0) is 23.1. The van der Waals surface area contributed by atoms with Gasteiger partial charge in [-0.25, -0.2) is 8.42 Å². The Hall–Kier alpha value is -1.90. The Bertz CT molecular complexity index is 1020. The molecule has 0 spiro atoms. The molecule has 1 saturated heterocycles. The summed E-state index contributed by atoms with van der Waals surface area (Å²) in [5.74, 6) is 0.743. The number of hydrogen-bond donors (Lipinski definition) is 1. The van der Waals surface area contributed by atoms with Crippen LogP contribution in [0.5, 0.6) is 5.75 Å². The molecule has 1 heterocycles. The number of anilines is 1. The van der Waals surface area contributed by atoms with Crippen molar-refractivity contribution >= 4 is 37.5 Å². The van der Waals surface area contributed by atoms with Crippen molar-refractivity contribution in [3.05, 3.63) is 52.5 Å². The topological polar surface area (TPSA) is 75.7 Å². The first-order chi connectivity index (χ1) is 15.3. The second kappa shape index (κ2) is 11.3. The Morgan fingerprint density at radius 1 is 1.09 bits per heavy atom. The summed E-state index contributed by atoms with van der Waals surface area (Å²) in [7, 11) is -3.50. The van der Waals surface area contributed by atoms with E-state index < -0.39 is 10.0 Å². The number of nitrogens with one attached hydrogen (secondary N) is 1. The number of benzene rings is 2. The molecule has 3 rings (SSSR count). The predicted octanol–water partition coefficient (Wildman–Crippen LogP) is 5.54. The third-order valence-electron chi connectivity index (χ3n) is 5.84. The highest BCUT2D eigenvalue weighted by atomic mass is 79.9. The second-order valence-electron chi connectivity index (χ2n) is 8.18. The van der Waals surface area contributed by atoms with E-state index in [0.29, 0.717) is 30.4 Å². The first kappa shape index (κ1) is 24.7. The SMILES string of the molecule is CCC(C)c1ccc(OCC(=O)Nc2ccc(S(=O)(=O)N3CCCCCC3)cc2)c(Br)c1. The minimum atomic E-state index is -3.50. The number of carbonyl (C=O) groups excluding carboxylic acids is 1. The fourth-order valence-corrected chi connectivity index (χ4v) is 5.69. The summed E-state index contributed by atoms with van der Waals surface area (Å²) in [6.07, 6.45) is 4.97. The number of rotatable bonds is 8. The number of halogens is 1. The second-order valence-corrected chi connectivity index (χ2v) is 11.0. The smallest absolute Gasteiger partial charge is 0.262 e. The molecule has 2 aromatic carbocycles. The van der Waals surface area contributed by atoms with Crippen molar-refractivity contribution in [3.8, 4) is 5.75 Å². The molecule has 0 saturated carbocycles. The first-order valence-corrected chi connectivity index (χ1v) is 13.4. The summed E-state index contributed by atoms with van der Waals surface area (Å²) >= 11 is 3.51. The molecule has 0 aliphatic carbocycles. The van der Waals surface area contributed by atoms with E-state index in [0.717, 1.165) is 36.6 Å². The molecule has 174 valence electrons. The molecule has 1 fully saturated rings. The quantitative estimate of drug-likeness (QED) is 0.493. The van der Waals surface area contributed by atoms with E-state index in [1.54, 1.807) is 28.6 Å². The standard InChI is InChI=1S/C24H31BrN2O4S/c1-3-18(2)19-8-13-23(22(25)16-19)31-17-24(28)26-20-9-11-21(12-10-20)32(29,30)27-14-6-4-5-7-15-27/h8-13,16,18H,3-7,14-15,17H2,1-2H3,(H,26,28). The maximum absolute atomic E-state index is 12.9. The van der Waals surface area contributed by atoms with Crippen LogP contribution in [0.15, 0.2) is 51.8 Å². The Labute approximate surface area is 199 Å². The number of sulfonamides is 1. The molecule has 1 aliphatic heterocycles. The van der Waals surface area contributed by atoms with Gasteiger partial charge >= 0.3 is 0 Å². The van der Waals surface area contributed by atoms with Crippen LogP contribution >= 0.6 is 15.9 Å². The van der Waals surface area contributed by atoms with E-state index in [2.05, 4.69) is 35.1 Å². The van der Waals surface area contributed by atoms with Gasteiger partial charge in [-0.3, -0.25) is 4.79 Å². The maximum Gasteiger partial charge on any atom is 0.262 e. The van der Waals surface area contributed by atoms with Crippen molar-refractivity contribution in [2.24, 2.45) is 0 Å². The molecule has 8 heteroatoms. The summed E-state index contributed by atoms with van der Waals surface area (Å²) in [4.78, 5) is 12.6. The summed E-state index contributed by atoms with van der Waals surface area (Å²) in [6, 6.07) is 12.2. The first-order valence-electron chi connectivity index (χ1n) is 11.1. The molecular formula is C24H31BrN2O4S.